The van der Waals surface area contributed by atoms with Crippen molar-refractivity contribution in [2.75, 3.05) is 39.5 Å². The number of amides is 1. The van der Waals surface area contributed by atoms with Crippen molar-refractivity contribution in [3.8, 4) is 11.1 Å². The molecule has 0 aliphatic carbocycles. The lowest BCUT2D eigenvalue weighted by atomic mass is 9.89. The van der Waals surface area contributed by atoms with Crippen LogP contribution in [0.5, 0.6) is 0 Å². The minimum absolute atomic E-state index is 0.00450. The number of hydrogen-bond donors (Lipinski definition) is 2. The van der Waals surface area contributed by atoms with Gasteiger partial charge in [0.05, 0.1) is 32.0 Å². The molecule has 244 valence electrons. The molecule has 0 aromatic heterocycles. The Labute approximate surface area is 271 Å². The molecule has 3 aliphatic heterocycles. The van der Waals surface area contributed by atoms with Crippen LogP contribution < -0.4 is 5.32 Å². The summed E-state index contributed by atoms with van der Waals surface area (Å²) in [7, 11) is 0. The third kappa shape index (κ3) is 7.52. The second-order valence-corrected chi connectivity index (χ2v) is 12.3. The van der Waals surface area contributed by atoms with Crippen molar-refractivity contribution in [3.05, 3.63) is 108 Å². The molecule has 4 atom stereocenters. The van der Waals surface area contributed by atoms with E-state index >= 15 is 0 Å². The zero-order chi connectivity index (χ0) is 31.9. The fourth-order valence-electron chi connectivity index (χ4n) is 6.57. The molecule has 3 fully saturated rings. The first-order valence-electron chi connectivity index (χ1n) is 16.2. The number of alkyl carbamates (subject to hydrolysis) is 1. The minimum Gasteiger partial charge on any atom is -0.445 e. The predicted molar refractivity (Wildman–Crippen MR) is 174 cm³/mol. The van der Waals surface area contributed by atoms with E-state index < -0.39 is 18.2 Å². The Hall–Kier alpha value is -3.57. The number of aliphatic hydroxyl groups excluding tert-OH is 1. The van der Waals surface area contributed by atoms with E-state index in [-0.39, 0.29) is 31.3 Å². The van der Waals surface area contributed by atoms with Crippen molar-refractivity contribution in [2.45, 2.75) is 57.2 Å². The van der Waals surface area contributed by atoms with Gasteiger partial charge in [-0.05, 0) is 27.8 Å². The van der Waals surface area contributed by atoms with Gasteiger partial charge in [0.2, 0.25) is 0 Å². The topological polar surface area (TPSA) is 98.7 Å². The summed E-state index contributed by atoms with van der Waals surface area (Å²) in [4.78, 5) is 14.5. The summed E-state index contributed by atoms with van der Waals surface area (Å²) < 4.78 is 30.4. The number of nitrogens with one attached hydrogen (secondary N) is 1. The van der Waals surface area contributed by atoms with Crippen LogP contribution in [0, 0.1) is 5.92 Å². The Morgan fingerprint density at radius 1 is 1.00 bits per heavy atom. The molecular formula is C37H44N2O7. The molecule has 1 amide bonds. The molecule has 3 heterocycles. The van der Waals surface area contributed by atoms with Gasteiger partial charge in [-0.2, -0.15) is 0 Å². The molecule has 3 aliphatic rings. The number of rotatable bonds is 10. The number of likely N-dealkylation sites (tertiary alicyclic amines) is 1. The summed E-state index contributed by atoms with van der Waals surface area (Å²) in [6.45, 7) is 10.2. The first-order chi connectivity index (χ1) is 22.5. The summed E-state index contributed by atoms with van der Waals surface area (Å²) in [5.41, 5.74) is 5.90. The quantitative estimate of drug-likeness (QED) is 0.269. The summed E-state index contributed by atoms with van der Waals surface area (Å²) in [5, 5.41) is 12.4. The van der Waals surface area contributed by atoms with Gasteiger partial charge in [-0.15, -0.1) is 0 Å². The number of ether oxygens (including phenoxy) is 5. The van der Waals surface area contributed by atoms with Gasteiger partial charge in [-0.3, -0.25) is 0 Å². The van der Waals surface area contributed by atoms with Crippen molar-refractivity contribution in [3.63, 3.8) is 0 Å². The summed E-state index contributed by atoms with van der Waals surface area (Å²) in [5.74, 6) is -0.313. The summed E-state index contributed by atoms with van der Waals surface area (Å²) >= 11 is 0. The van der Waals surface area contributed by atoms with Crippen LogP contribution in [-0.2, 0) is 36.8 Å². The zero-order valence-electron chi connectivity index (χ0n) is 26.4. The standard InChI is InChI=1S/C37H44N2O7/c1-3-20-42-36(41)38-23-31-6-4-5-7-32(31)28-12-14-30(15-13-28)35-45-33(24-39-18-16-37(17-19-39)43-21-22-44-37)26(2)34(46-35)29-10-8-27(25-40)9-11-29/h3-15,26,33-35,40H,1,16-25H2,2H3,(H,38,41). The highest BCUT2D eigenvalue weighted by Crippen LogP contribution is 2.43. The van der Waals surface area contributed by atoms with Crippen molar-refractivity contribution in [2.24, 2.45) is 5.92 Å². The Balaban J connectivity index is 1.19. The van der Waals surface area contributed by atoms with Crippen LogP contribution in [0.25, 0.3) is 11.1 Å². The van der Waals surface area contributed by atoms with E-state index in [1.807, 2.05) is 48.5 Å². The highest BCUT2D eigenvalue weighted by molar-refractivity contribution is 5.70. The Kier molecular flexibility index (Phi) is 10.5. The van der Waals surface area contributed by atoms with E-state index in [0.29, 0.717) is 19.8 Å². The van der Waals surface area contributed by atoms with Gasteiger partial charge >= 0.3 is 6.09 Å². The van der Waals surface area contributed by atoms with Crippen LogP contribution in [0.4, 0.5) is 4.79 Å². The third-order valence-corrected chi connectivity index (χ3v) is 9.26. The maximum absolute atomic E-state index is 12.0. The predicted octanol–water partition coefficient (Wildman–Crippen LogP) is 5.89. The van der Waals surface area contributed by atoms with Crippen molar-refractivity contribution >= 4 is 6.09 Å². The van der Waals surface area contributed by atoms with Gasteiger partial charge in [-0.1, -0.05) is 92.4 Å². The second-order valence-electron chi connectivity index (χ2n) is 12.3. The summed E-state index contributed by atoms with van der Waals surface area (Å²) in [6, 6.07) is 24.2. The molecule has 46 heavy (non-hydrogen) atoms. The average Bonchev–Trinajstić information content (AvgIpc) is 3.56. The van der Waals surface area contributed by atoms with Crippen molar-refractivity contribution in [1.29, 1.82) is 0 Å². The van der Waals surface area contributed by atoms with E-state index in [1.54, 1.807) is 0 Å². The van der Waals surface area contributed by atoms with E-state index in [9.17, 15) is 9.90 Å². The molecule has 0 saturated carbocycles. The number of benzene rings is 3. The molecular weight excluding hydrogens is 584 g/mol. The smallest absolute Gasteiger partial charge is 0.407 e. The SMILES string of the molecule is C=CCOC(=O)NCc1ccccc1-c1ccc(C2OC(CN3CCC4(CC3)OCCO4)C(C)C(c3ccc(CO)cc3)O2)cc1. The number of nitrogens with zero attached hydrogens (tertiary/aromatic N) is 1. The maximum Gasteiger partial charge on any atom is 0.407 e. The fraction of sp³-hybridized carbons (Fsp3) is 0.432. The van der Waals surface area contributed by atoms with Gasteiger partial charge < -0.3 is 39.0 Å². The van der Waals surface area contributed by atoms with E-state index in [4.69, 9.17) is 23.7 Å². The lowest BCUT2D eigenvalue weighted by Crippen LogP contribution is -2.50. The number of piperidine rings is 1. The average molecular weight is 629 g/mol. The van der Waals surface area contributed by atoms with Crippen LogP contribution >= 0.6 is 0 Å². The number of hydrogen-bond acceptors (Lipinski definition) is 8. The first-order valence-corrected chi connectivity index (χ1v) is 16.2. The molecule has 3 aromatic rings. The van der Waals surface area contributed by atoms with E-state index in [0.717, 1.165) is 65.9 Å². The van der Waals surface area contributed by atoms with Crippen LogP contribution in [0.1, 0.15) is 54.4 Å². The molecule has 3 saturated heterocycles. The van der Waals surface area contributed by atoms with Gasteiger partial charge in [-0.25, -0.2) is 4.79 Å². The van der Waals surface area contributed by atoms with Gasteiger partial charge in [0.15, 0.2) is 12.1 Å². The lowest BCUT2D eigenvalue weighted by Gasteiger charge is -2.44. The molecule has 0 bridgehead atoms. The first kappa shape index (κ1) is 32.4. The monoisotopic (exact) mass is 628 g/mol. The zero-order valence-corrected chi connectivity index (χ0v) is 26.4. The molecule has 1 spiro atoms. The van der Waals surface area contributed by atoms with Gasteiger partial charge in [0, 0.05) is 50.5 Å². The van der Waals surface area contributed by atoms with Crippen LogP contribution in [0.3, 0.4) is 0 Å². The van der Waals surface area contributed by atoms with Crippen LogP contribution in [-0.4, -0.2) is 67.4 Å². The number of aliphatic hydroxyl groups is 1. The van der Waals surface area contributed by atoms with Gasteiger partial charge in [0.1, 0.15) is 6.61 Å². The number of carbonyl (C=O) groups is 1. The second kappa shape index (κ2) is 14.9. The fourth-order valence-corrected chi connectivity index (χ4v) is 6.57. The van der Waals surface area contributed by atoms with Gasteiger partial charge in [0.25, 0.3) is 0 Å². The molecule has 9 nitrogen and oxygen atoms in total. The van der Waals surface area contributed by atoms with E-state index in [1.165, 1.54) is 6.08 Å². The maximum atomic E-state index is 12.0. The van der Waals surface area contributed by atoms with Crippen molar-refractivity contribution < 1.29 is 33.6 Å². The lowest BCUT2D eigenvalue weighted by molar-refractivity contribution is -0.278. The Morgan fingerprint density at radius 3 is 2.39 bits per heavy atom. The van der Waals surface area contributed by atoms with Crippen molar-refractivity contribution in [1.82, 2.24) is 10.2 Å². The number of carbonyl (C=O) groups excluding carboxylic acids is 1. The molecule has 0 radical (unpaired) electrons. The molecule has 6 rings (SSSR count). The minimum atomic E-state index is -0.549. The molecule has 4 unspecified atom stereocenters. The summed E-state index contributed by atoms with van der Waals surface area (Å²) in [6.07, 6.45) is 1.98. The highest BCUT2D eigenvalue weighted by Gasteiger charge is 2.43. The normalized spacial score (nSPS) is 24.5. The van der Waals surface area contributed by atoms with E-state index in [2.05, 4.69) is 48.0 Å². The largest absolute Gasteiger partial charge is 0.445 e. The third-order valence-electron chi connectivity index (χ3n) is 9.26. The Morgan fingerprint density at radius 2 is 1.70 bits per heavy atom. The Bertz CT molecular complexity index is 1450. The molecule has 9 heteroatoms. The molecule has 3 aromatic carbocycles. The molecule has 2 N–H and O–H groups in total. The van der Waals surface area contributed by atoms with Crippen LogP contribution in [0.2, 0.25) is 0 Å². The van der Waals surface area contributed by atoms with Crippen LogP contribution in [0.15, 0.2) is 85.5 Å². The highest BCUT2D eigenvalue weighted by atomic mass is 16.7.